The quantitative estimate of drug-likeness (QED) is 0.120. The standard InChI is InChI=1S/C21H30N6O6/c1-3-4-5-6-7-10-23-17(28)8-9-19(29)32-13-16-15(25-26-22)11-18(33-16)27-12-14(2)20(30)24-21(27)31/h8-9,12,15-16,18H,3-7,10-11,13H2,1-2H3,(H,23,28)(H,24,30,31)/b9-8+/t15-,16+,18+/m0/s1. The highest BCUT2D eigenvalue weighted by Gasteiger charge is 2.37. The van der Waals surface area contributed by atoms with E-state index in [0.717, 1.165) is 37.8 Å². The second kappa shape index (κ2) is 13.2. The number of carbonyl (C=O) groups excluding carboxylic acids is 2. The molecule has 0 aliphatic carbocycles. The Morgan fingerprint density at radius 3 is 2.82 bits per heavy atom. The van der Waals surface area contributed by atoms with Crippen molar-refractivity contribution in [2.24, 2.45) is 5.11 Å². The van der Waals surface area contributed by atoms with Gasteiger partial charge in [-0.3, -0.25) is 19.1 Å². The van der Waals surface area contributed by atoms with Gasteiger partial charge >= 0.3 is 11.7 Å². The first-order valence-electron chi connectivity index (χ1n) is 11.0. The third-order valence-electron chi connectivity index (χ3n) is 5.20. The fourth-order valence-corrected chi connectivity index (χ4v) is 3.38. The summed E-state index contributed by atoms with van der Waals surface area (Å²) in [6, 6.07) is -0.688. The van der Waals surface area contributed by atoms with Crippen molar-refractivity contribution in [1.82, 2.24) is 14.9 Å². The highest BCUT2D eigenvalue weighted by Crippen LogP contribution is 2.30. The lowest BCUT2D eigenvalue weighted by Gasteiger charge is -2.16. The van der Waals surface area contributed by atoms with Gasteiger partial charge in [0.1, 0.15) is 18.9 Å². The monoisotopic (exact) mass is 462 g/mol. The number of hydrogen-bond donors (Lipinski definition) is 2. The lowest BCUT2D eigenvalue weighted by atomic mass is 10.1. The second-order valence-corrected chi connectivity index (χ2v) is 7.78. The van der Waals surface area contributed by atoms with Crippen molar-refractivity contribution in [3.05, 3.63) is 55.2 Å². The molecule has 180 valence electrons. The molecule has 2 heterocycles. The SMILES string of the molecule is CCCCCCCNC(=O)/C=C/C(=O)OC[C@H]1O[C@@H](n2cc(C)c(=O)[nH]c2=O)C[C@@H]1N=[N+]=[N-]. The average molecular weight is 463 g/mol. The molecule has 0 unspecified atom stereocenters. The Morgan fingerprint density at radius 1 is 1.33 bits per heavy atom. The number of aromatic nitrogens is 2. The van der Waals surface area contributed by atoms with E-state index in [4.69, 9.17) is 15.0 Å². The highest BCUT2D eigenvalue weighted by molar-refractivity contribution is 5.94. The first-order valence-corrected chi connectivity index (χ1v) is 11.0. The Bertz CT molecular complexity index is 1010. The van der Waals surface area contributed by atoms with E-state index >= 15 is 0 Å². The summed E-state index contributed by atoms with van der Waals surface area (Å²) in [6.07, 6.45) is 7.41. The summed E-state index contributed by atoms with van der Waals surface area (Å²) in [6.45, 7) is 3.98. The maximum Gasteiger partial charge on any atom is 0.331 e. The number of carbonyl (C=O) groups is 2. The van der Waals surface area contributed by atoms with Crippen molar-refractivity contribution in [3.63, 3.8) is 0 Å². The van der Waals surface area contributed by atoms with Crippen LogP contribution in [0.5, 0.6) is 0 Å². The molecule has 0 saturated carbocycles. The number of aromatic amines is 1. The molecule has 1 aliphatic heterocycles. The van der Waals surface area contributed by atoms with Crippen LogP contribution in [0.4, 0.5) is 0 Å². The van der Waals surface area contributed by atoms with E-state index in [0.29, 0.717) is 12.1 Å². The number of ether oxygens (including phenoxy) is 2. The van der Waals surface area contributed by atoms with Crippen molar-refractivity contribution in [2.45, 2.75) is 70.7 Å². The van der Waals surface area contributed by atoms with Gasteiger partial charge in [0.2, 0.25) is 5.91 Å². The van der Waals surface area contributed by atoms with Crippen molar-refractivity contribution in [1.29, 1.82) is 0 Å². The predicted molar refractivity (Wildman–Crippen MR) is 119 cm³/mol. The van der Waals surface area contributed by atoms with Crippen LogP contribution in [0.25, 0.3) is 10.4 Å². The van der Waals surface area contributed by atoms with Gasteiger partial charge in [0.15, 0.2) is 0 Å². The van der Waals surface area contributed by atoms with E-state index in [1.165, 1.54) is 17.2 Å². The number of H-pyrrole nitrogens is 1. The van der Waals surface area contributed by atoms with Gasteiger partial charge < -0.3 is 14.8 Å². The van der Waals surface area contributed by atoms with Crippen molar-refractivity contribution >= 4 is 11.9 Å². The van der Waals surface area contributed by atoms with E-state index in [1.807, 2.05) is 0 Å². The third-order valence-corrected chi connectivity index (χ3v) is 5.20. The van der Waals surface area contributed by atoms with Gasteiger partial charge in [-0.1, -0.05) is 37.7 Å². The van der Waals surface area contributed by atoms with E-state index in [2.05, 4.69) is 27.3 Å². The Hall–Kier alpha value is -3.37. The topological polar surface area (TPSA) is 168 Å². The minimum absolute atomic E-state index is 0.161. The molecule has 1 aliphatic rings. The van der Waals surface area contributed by atoms with Crippen molar-refractivity contribution in [2.75, 3.05) is 13.2 Å². The summed E-state index contributed by atoms with van der Waals surface area (Å²) in [5, 5.41) is 6.36. The highest BCUT2D eigenvalue weighted by atomic mass is 16.6. The zero-order chi connectivity index (χ0) is 24.2. The molecule has 2 N–H and O–H groups in total. The molecule has 1 amide bonds. The van der Waals surface area contributed by atoms with Crippen LogP contribution in [-0.2, 0) is 19.1 Å². The molecule has 0 radical (unpaired) electrons. The fraction of sp³-hybridized carbons (Fsp3) is 0.619. The molecule has 3 atom stereocenters. The first-order chi connectivity index (χ1) is 15.8. The van der Waals surface area contributed by atoms with Gasteiger partial charge in [-0.25, -0.2) is 9.59 Å². The normalized spacial score (nSPS) is 19.9. The molecule has 0 bridgehead atoms. The lowest BCUT2D eigenvalue weighted by molar-refractivity contribution is -0.143. The van der Waals surface area contributed by atoms with Crippen LogP contribution in [0.15, 0.2) is 33.1 Å². The zero-order valence-electron chi connectivity index (χ0n) is 18.9. The minimum Gasteiger partial charge on any atom is -0.460 e. The third kappa shape index (κ3) is 8.24. The largest absolute Gasteiger partial charge is 0.460 e. The summed E-state index contributed by atoms with van der Waals surface area (Å²) in [5.74, 6) is -1.14. The second-order valence-electron chi connectivity index (χ2n) is 7.78. The van der Waals surface area contributed by atoms with Crippen LogP contribution in [0.3, 0.4) is 0 Å². The summed E-state index contributed by atoms with van der Waals surface area (Å²) in [4.78, 5) is 52.4. The van der Waals surface area contributed by atoms with Crippen LogP contribution in [0.1, 0.15) is 57.2 Å². The molecule has 1 aromatic heterocycles. The lowest BCUT2D eigenvalue weighted by Crippen LogP contribution is -2.33. The zero-order valence-corrected chi connectivity index (χ0v) is 18.9. The number of rotatable bonds is 12. The number of azide groups is 1. The molecule has 1 fully saturated rings. The van der Waals surface area contributed by atoms with Crippen molar-refractivity contribution in [3.8, 4) is 0 Å². The Balaban J connectivity index is 1.85. The Labute approximate surface area is 190 Å². The van der Waals surface area contributed by atoms with Crippen LogP contribution in [-0.4, -0.2) is 46.7 Å². The van der Waals surface area contributed by atoms with Crippen LogP contribution in [0.2, 0.25) is 0 Å². The maximum atomic E-state index is 12.1. The number of unbranched alkanes of at least 4 members (excludes halogenated alkanes) is 4. The summed E-state index contributed by atoms with van der Waals surface area (Å²) >= 11 is 0. The average Bonchev–Trinajstić information content (AvgIpc) is 3.18. The summed E-state index contributed by atoms with van der Waals surface area (Å²) in [5.41, 5.74) is 7.97. The molecule has 33 heavy (non-hydrogen) atoms. The molecule has 12 heteroatoms. The number of nitrogens with one attached hydrogen (secondary N) is 2. The molecule has 2 rings (SSSR count). The van der Waals surface area contributed by atoms with E-state index in [9.17, 15) is 19.2 Å². The molecular formula is C21H30N6O6. The van der Waals surface area contributed by atoms with Gasteiger partial charge in [0, 0.05) is 41.8 Å². The maximum absolute atomic E-state index is 12.1. The Kier molecular flexibility index (Phi) is 10.4. The molecule has 12 nitrogen and oxygen atoms in total. The molecular weight excluding hydrogens is 432 g/mol. The van der Waals surface area contributed by atoms with Crippen LogP contribution < -0.4 is 16.6 Å². The minimum atomic E-state index is -0.800. The van der Waals surface area contributed by atoms with Gasteiger partial charge in [-0.15, -0.1) is 0 Å². The smallest absolute Gasteiger partial charge is 0.331 e. The summed E-state index contributed by atoms with van der Waals surface area (Å²) in [7, 11) is 0. The van der Waals surface area contributed by atoms with E-state index < -0.39 is 35.6 Å². The number of aryl methyl sites for hydroxylation is 1. The van der Waals surface area contributed by atoms with Gasteiger partial charge in [0.25, 0.3) is 5.56 Å². The molecule has 0 aromatic carbocycles. The van der Waals surface area contributed by atoms with Gasteiger partial charge in [0.05, 0.1) is 6.04 Å². The number of amides is 1. The van der Waals surface area contributed by atoms with Gasteiger partial charge in [-0.05, 0) is 18.9 Å². The van der Waals surface area contributed by atoms with Crippen LogP contribution in [0, 0.1) is 6.92 Å². The number of esters is 1. The summed E-state index contributed by atoms with van der Waals surface area (Å²) < 4.78 is 12.1. The van der Waals surface area contributed by atoms with E-state index in [1.54, 1.807) is 6.92 Å². The first kappa shape index (κ1) is 25.9. The molecule has 0 spiro atoms. The number of nitrogens with zero attached hydrogens (tertiary/aromatic N) is 4. The molecule has 1 saturated heterocycles. The van der Waals surface area contributed by atoms with Crippen LogP contribution >= 0.6 is 0 Å². The van der Waals surface area contributed by atoms with Crippen molar-refractivity contribution < 1.29 is 19.1 Å². The molecule has 1 aromatic rings. The predicted octanol–water partition coefficient (Wildman–Crippen LogP) is 2.00. The Morgan fingerprint density at radius 2 is 2.09 bits per heavy atom. The van der Waals surface area contributed by atoms with Gasteiger partial charge in [-0.2, -0.15) is 0 Å². The van der Waals surface area contributed by atoms with E-state index in [-0.39, 0.29) is 18.9 Å². The fourth-order valence-electron chi connectivity index (χ4n) is 3.38. The number of hydrogen-bond acceptors (Lipinski definition) is 7.